The van der Waals surface area contributed by atoms with Gasteiger partial charge in [0.1, 0.15) is 0 Å². The van der Waals surface area contributed by atoms with E-state index >= 15 is 0 Å². The van der Waals surface area contributed by atoms with Crippen LogP contribution in [0, 0.1) is 0 Å². The van der Waals surface area contributed by atoms with Crippen LogP contribution in [0.4, 0.5) is 0 Å². The van der Waals surface area contributed by atoms with Gasteiger partial charge in [0.05, 0.1) is 23.3 Å². The maximum Gasteiger partial charge on any atom is 2.00 e. The van der Waals surface area contributed by atoms with E-state index in [1.807, 2.05) is 0 Å². The zero-order valence-electron chi connectivity index (χ0n) is 66.8. The molecule has 11 aromatic rings. The molecule has 0 unspecified atom stereocenters. The number of rotatable bonds is 8. The molecule has 0 saturated carbocycles. The van der Waals surface area contributed by atoms with Gasteiger partial charge in [0.25, 0.3) is 0 Å². The summed E-state index contributed by atoms with van der Waals surface area (Å²) in [6.07, 6.45) is 0. The van der Waals surface area contributed by atoms with E-state index in [1.54, 1.807) is 0 Å². The van der Waals surface area contributed by atoms with Crippen LogP contribution < -0.4 is 9.97 Å². The summed E-state index contributed by atoms with van der Waals surface area (Å²) < 4.78 is 0. The molecule has 3 aromatic heterocycles. The monoisotopic (exact) mass is 1430 g/mol. The van der Waals surface area contributed by atoms with Gasteiger partial charge in [-0.25, -0.2) is 9.97 Å². The van der Waals surface area contributed by atoms with Gasteiger partial charge in [-0.15, -0.1) is 0 Å². The van der Waals surface area contributed by atoms with E-state index in [2.05, 4.69) is 360 Å². The minimum Gasteiger partial charge on any atom is -0.357 e. The van der Waals surface area contributed by atoms with E-state index in [9.17, 15) is 0 Å². The molecule has 0 amide bonds. The number of hydrogen-bond donors (Lipinski definition) is 0. The fourth-order valence-corrected chi connectivity index (χ4v) is 14.1. The number of nitrogens with zero attached hydrogens (tertiary/aromatic N) is 8. The van der Waals surface area contributed by atoms with Gasteiger partial charge < -0.3 is 29.9 Å². The molecule has 105 heavy (non-hydrogen) atoms. The Hall–Kier alpha value is -9.30. The summed E-state index contributed by atoms with van der Waals surface area (Å²) in [7, 11) is 0. The fourth-order valence-electron chi connectivity index (χ4n) is 14.1. The molecule has 0 saturated heterocycles. The van der Waals surface area contributed by atoms with Gasteiger partial charge in [-0.1, -0.05) is 360 Å². The molecule has 8 aromatic carbocycles. The molecule has 2 aliphatic heterocycles. The molecule has 0 fully saturated rings. The van der Waals surface area contributed by atoms with Crippen LogP contribution in [0.3, 0.4) is 0 Å². The predicted octanol–water partition coefficient (Wildman–Crippen LogP) is 24.2. The summed E-state index contributed by atoms with van der Waals surface area (Å²) >= 11 is 0. The molecule has 8 bridgehead atoms. The average Bonchev–Trinajstić information content (AvgIpc) is 1.60. The van der Waals surface area contributed by atoms with Crippen LogP contribution in [0.25, 0.3) is 89.4 Å². The number of hydrogen-bond acceptors (Lipinski definition) is 6. The smallest absolute Gasteiger partial charge is 0.357 e. The Bertz CT molecular complexity index is 4650. The summed E-state index contributed by atoms with van der Waals surface area (Å²) in [5.74, 6) is 1.83. The molecule has 0 spiro atoms. The third-order valence-corrected chi connectivity index (χ3v) is 20.8. The largest absolute Gasteiger partial charge is 2.00 e. The van der Waals surface area contributed by atoms with E-state index in [1.165, 1.54) is 44.5 Å². The molecule has 5 heterocycles. The SMILES string of the molecule is CC(C)(C)c1ccc(C2=C(c3ccc(C(C)(C)C)cc3)c3nc2nc2[n-]c(nc4nc(nc5[n-]c(n3)c(-c3ccc(C(C)(C)C)cc3)c5-c3ccc(C(C)(C)C)cc3)C(c3ccc(C(C)(C)C)cc3)=C4c3ccc(C(C)(C)C)cc3)c(-c3ccc(C(C)(C)C)cc3)c2-c2ccc(C(C)(C)C)cc2)cc1.[Zn+2]. The van der Waals surface area contributed by atoms with Crippen molar-refractivity contribution in [2.24, 2.45) is 0 Å². The van der Waals surface area contributed by atoms with Crippen molar-refractivity contribution in [1.82, 2.24) is 39.9 Å². The Kier molecular flexibility index (Phi) is 19.6. The van der Waals surface area contributed by atoms with Gasteiger partial charge in [-0.3, -0.25) is 0 Å². The van der Waals surface area contributed by atoms with Gasteiger partial charge in [-0.2, -0.15) is 0 Å². The minimum atomic E-state index is -0.118. The molecule has 9 heteroatoms. The Morgan fingerprint density at radius 2 is 0.295 bits per heavy atom. The van der Waals surface area contributed by atoms with E-state index < -0.39 is 0 Å². The Balaban J connectivity index is 0.0000104. The molecule has 8 nitrogen and oxygen atoms in total. The summed E-state index contributed by atoms with van der Waals surface area (Å²) in [6, 6.07) is 71.6. The zero-order chi connectivity index (χ0) is 74.8. The van der Waals surface area contributed by atoms with Gasteiger partial charge in [-0.05, 0) is 132 Å². The third kappa shape index (κ3) is 15.3. The summed E-state index contributed by atoms with van der Waals surface area (Å²) in [5, 5.41) is 0. The molecule has 0 radical (unpaired) electrons. The topological polar surface area (TPSA) is 106 Å². The van der Waals surface area contributed by atoms with Crippen molar-refractivity contribution in [3.63, 3.8) is 0 Å². The normalized spacial score (nSPS) is 13.6. The van der Waals surface area contributed by atoms with Crippen LogP contribution in [0.2, 0.25) is 0 Å². The molecule has 0 atom stereocenters. The Morgan fingerprint density at radius 1 is 0.171 bits per heavy atom. The number of fused-ring (bicyclic) bond motifs is 8. The van der Waals surface area contributed by atoms with Gasteiger partial charge >= 0.3 is 19.5 Å². The maximum absolute atomic E-state index is 5.96. The quantitative estimate of drug-likeness (QED) is 0.139. The standard InChI is InChI=1S/C96H104N8.Zn/c1-89(2,3)65-41-25-57(26-42-65)73-74(58-27-43-66(44-28-58)90(4,5)6)82-97-81(73)101-83-75(59-29-45-67(46-30-59)91(7,8)9)76(60-31-47-68(48-32-60)92(10,11)12)85(98-83)103-87-79(63-37-53-71(54-38-63)95(19,20)21)80(64-39-55-72(56-40-64)96(22,23)24)88(100-87)104-86-78(62-35-51-70(52-36-62)94(16,17)18)77(84(99-86)102-82)61-33-49-69(50-34-61)93(13,14)15;/h25-56H,1-24H3;/q-2;+2. The van der Waals surface area contributed by atoms with Crippen LogP contribution in [-0.4, -0.2) is 29.9 Å². The van der Waals surface area contributed by atoms with Gasteiger partial charge in [0.15, 0.2) is 0 Å². The van der Waals surface area contributed by atoms with Crippen molar-refractivity contribution in [1.29, 1.82) is 0 Å². The summed E-state index contributed by atoms with van der Waals surface area (Å²) in [4.78, 5) is 47.2. The first kappa shape index (κ1) is 75.4. The molecule has 0 aliphatic carbocycles. The number of benzene rings is 8. The van der Waals surface area contributed by atoms with Gasteiger partial charge in [0.2, 0.25) is 0 Å². The van der Waals surface area contributed by atoms with E-state index in [0.717, 1.165) is 89.1 Å². The second-order valence-electron chi connectivity index (χ2n) is 37.1. The van der Waals surface area contributed by atoms with E-state index in [-0.39, 0.29) is 62.8 Å². The Morgan fingerprint density at radius 3 is 0.419 bits per heavy atom. The predicted molar refractivity (Wildman–Crippen MR) is 437 cm³/mol. The number of aromatic nitrogens is 8. The van der Waals surface area contributed by atoms with Crippen LogP contribution in [-0.2, 0) is 62.8 Å². The van der Waals surface area contributed by atoms with E-state index in [4.69, 9.17) is 39.9 Å². The molecular weight excluding hydrogens is 1330 g/mol. The first-order chi connectivity index (χ1) is 48.6. The second kappa shape index (κ2) is 27.2. The average molecular weight is 1440 g/mol. The second-order valence-corrected chi connectivity index (χ2v) is 37.1. The fraction of sp³-hybridized carbons (Fsp3) is 0.333. The van der Waals surface area contributed by atoms with Crippen molar-refractivity contribution >= 4 is 44.9 Å². The first-order valence-corrected chi connectivity index (χ1v) is 37.1. The van der Waals surface area contributed by atoms with Gasteiger partial charge in [0, 0.05) is 67.1 Å². The van der Waals surface area contributed by atoms with Crippen LogP contribution >= 0.6 is 0 Å². The van der Waals surface area contributed by atoms with Crippen LogP contribution in [0.1, 0.15) is 256 Å². The third-order valence-electron chi connectivity index (χ3n) is 20.8. The van der Waals surface area contributed by atoms with Crippen molar-refractivity contribution in [3.8, 4) is 44.5 Å². The zero-order valence-corrected chi connectivity index (χ0v) is 69.7. The van der Waals surface area contributed by atoms with Crippen LogP contribution in [0.5, 0.6) is 0 Å². The van der Waals surface area contributed by atoms with Crippen molar-refractivity contribution in [3.05, 3.63) is 284 Å². The van der Waals surface area contributed by atoms with Crippen LogP contribution in [0.15, 0.2) is 194 Å². The molecule has 530 valence electrons. The molecular formula is C96H104N8Zn. The van der Waals surface area contributed by atoms with E-state index in [0.29, 0.717) is 45.9 Å². The molecule has 13 rings (SSSR count). The molecule has 2 aliphatic rings. The van der Waals surface area contributed by atoms with Crippen molar-refractivity contribution < 1.29 is 19.5 Å². The van der Waals surface area contributed by atoms with Crippen molar-refractivity contribution in [2.75, 3.05) is 0 Å². The minimum absolute atomic E-state index is 0. The first-order valence-electron chi connectivity index (χ1n) is 37.1. The van der Waals surface area contributed by atoms with Crippen molar-refractivity contribution in [2.45, 2.75) is 209 Å². The summed E-state index contributed by atoms with van der Waals surface area (Å²) in [6.45, 7) is 54.2. The Labute approximate surface area is 638 Å². The summed E-state index contributed by atoms with van der Waals surface area (Å²) in [5.41, 5.74) is 24.6. The maximum atomic E-state index is 5.96. The molecule has 0 N–H and O–H groups in total.